The van der Waals surface area contributed by atoms with Gasteiger partial charge in [-0.25, -0.2) is 4.90 Å². The molecule has 0 aliphatic carbocycles. The van der Waals surface area contributed by atoms with E-state index in [-0.39, 0.29) is 18.2 Å². The van der Waals surface area contributed by atoms with Crippen molar-refractivity contribution < 1.29 is 14.3 Å². The lowest BCUT2D eigenvalue weighted by Gasteiger charge is -2.17. The second-order valence-electron chi connectivity index (χ2n) is 5.48. The van der Waals surface area contributed by atoms with E-state index in [1.807, 2.05) is 31.2 Å². The first-order valence-electron chi connectivity index (χ1n) is 7.43. The number of anilines is 2. The van der Waals surface area contributed by atoms with Crippen LogP contribution in [0.25, 0.3) is 0 Å². The van der Waals surface area contributed by atoms with Crippen molar-refractivity contribution in [1.82, 2.24) is 0 Å². The molecule has 5 nitrogen and oxygen atoms in total. The number of amides is 2. The summed E-state index contributed by atoms with van der Waals surface area (Å²) in [7, 11) is 1.57. The number of carbonyl (C=O) groups is 2. The van der Waals surface area contributed by atoms with Gasteiger partial charge < -0.3 is 10.1 Å². The highest BCUT2D eigenvalue weighted by Crippen LogP contribution is 2.27. The van der Waals surface area contributed by atoms with Gasteiger partial charge in [0.15, 0.2) is 0 Å². The standard InChI is InChI=1S/C18H18N2O3/c1-12-5-3-4-6-15(12)19-16-11-17(21)20(18(16)22)13-7-9-14(23-2)10-8-13/h3-10,16,19H,11H2,1-2H3/t16-/m0/s1. The van der Waals surface area contributed by atoms with E-state index in [2.05, 4.69) is 5.32 Å². The Kier molecular flexibility index (Phi) is 4.02. The molecule has 118 valence electrons. The molecular formula is C18H18N2O3. The van der Waals surface area contributed by atoms with Gasteiger partial charge in [-0.3, -0.25) is 9.59 Å². The molecule has 1 fully saturated rings. The van der Waals surface area contributed by atoms with Gasteiger partial charge in [0, 0.05) is 5.69 Å². The van der Waals surface area contributed by atoms with E-state index in [9.17, 15) is 9.59 Å². The van der Waals surface area contributed by atoms with Crippen LogP contribution in [-0.2, 0) is 9.59 Å². The molecule has 1 N–H and O–H groups in total. The normalized spacial score (nSPS) is 17.5. The van der Waals surface area contributed by atoms with Crippen molar-refractivity contribution in [3.8, 4) is 5.75 Å². The monoisotopic (exact) mass is 310 g/mol. The Labute approximate surface area is 134 Å². The minimum atomic E-state index is -0.536. The number of nitrogens with zero attached hydrogens (tertiary/aromatic N) is 1. The largest absolute Gasteiger partial charge is 0.497 e. The molecule has 0 aromatic heterocycles. The lowest BCUT2D eigenvalue weighted by Crippen LogP contribution is -2.34. The number of imide groups is 1. The molecule has 2 aromatic carbocycles. The molecule has 2 amide bonds. The summed E-state index contributed by atoms with van der Waals surface area (Å²) >= 11 is 0. The third kappa shape index (κ3) is 2.90. The number of aryl methyl sites for hydroxylation is 1. The van der Waals surface area contributed by atoms with Gasteiger partial charge >= 0.3 is 0 Å². The van der Waals surface area contributed by atoms with E-state index in [0.717, 1.165) is 11.3 Å². The van der Waals surface area contributed by atoms with Gasteiger partial charge in [-0.1, -0.05) is 18.2 Å². The fraction of sp³-hybridized carbons (Fsp3) is 0.222. The van der Waals surface area contributed by atoms with E-state index in [0.29, 0.717) is 11.4 Å². The molecule has 0 bridgehead atoms. The second-order valence-corrected chi connectivity index (χ2v) is 5.48. The number of hydrogen-bond acceptors (Lipinski definition) is 4. The van der Waals surface area contributed by atoms with Gasteiger partial charge in [0.05, 0.1) is 19.2 Å². The summed E-state index contributed by atoms with van der Waals surface area (Å²) in [6, 6.07) is 14.1. The molecule has 2 aromatic rings. The van der Waals surface area contributed by atoms with E-state index < -0.39 is 6.04 Å². The van der Waals surface area contributed by atoms with Crippen molar-refractivity contribution >= 4 is 23.2 Å². The van der Waals surface area contributed by atoms with Crippen LogP contribution in [0.1, 0.15) is 12.0 Å². The zero-order valence-corrected chi connectivity index (χ0v) is 13.1. The van der Waals surface area contributed by atoms with E-state index in [1.165, 1.54) is 4.90 Å². The molecule has 0 radical (unpaired) electrons. The molecular weight excluding hydrogens is 292 g/mol. The first-order valence-corrected chi connectivity index (χ1v) is 7.43. The number of rotatable bonds is 4. The maximum atomic E-state index is 12.6. The number of para-hydroxylation sites is 1. The fourth-order valence-electron chi connectivity index (χ4n) is 2.67. The average molecular weight is 310 g/mol. The lowest BCUT2D eigenvalue weighted by molar-refractivity contribution is -0.121. The van der Waals surface area contributed by atoms with Crippen LogP contribution in [0.2, 0.25) is 0 Å². The molecule has 1 aliphatic heterocycles. The topological polar surface area (TPSA) is 58.6 Å². The van der Waals surface area contributed by atoms with Crippen LogP contribution in [0.4, 0.5) is 11.4 Å². The Morgan fingerprint density at radius 2 is 1.78 bits per heavy atom. The summed E-state index contributed by atoms with van der Waals surface area (Å²) in [5.41, 5.74) is 2.47. The van der Waals surface area contributed by atoms with Gasteiger partial charge in [-0.15, -0.1) is 0 Å². The Morgan fingerprint density at radius 3 is 2.43 bits per heavy atom. The quantitative estimate of drug-likeness (QED) is 0.882. The number of methoxy groups -OCH3 is 1. The lowest BCUT2D eigenvalue weighted by atomic mass is 10.1. The fourth-order valence-corrected chi connectivity index (χ4v) is 2.67. The van der Waals surface area contributed by atoms with Crippen LogP contribution in [0, 0.1) is 6.92 Å². The van der Waals surface area contributed by atoms with Crippen LogP contribution in [0.3, 0.4) is 0 Å². The molecule has 5 heteroatoms. The summed E-state index contributed by atoms with van der Waals surface area (Å²) in [6.45, 7) is 1.96. The van der Waals surface area contributed by atoms with Crippen molar-refractivity contribution in [2.45, 2.75) is 19.4 Å². The Morgan fingerprint density at radius 1 is 1.09 bits per heavy atom. The second kappa shape index (κ2) is 6.12. The van der Waals surface area contributed by atoms with E-state index in [4.69, 9.17) is 4.74 Å². The maximum absolute atomic E-state index is 12.6. The third-order valence-electron chi connectivity index (χ3n) is 3.95. The zero-order chi connectivity index (χ0) is 16.4. The molecule has 1 atom stereocenters. The molecule has 23 heavy (non-hydrogen) atoms. The zero-order valence-electron chi connectivity index (χ0n) is 13.1. The molecule has 1 saturated heterocycles. The number of carbonyl (C=O) groups excluding carboxylic acids is 2. The SMILES string of the molecule is COc1ccc(N2C(=O)C[C@H](Nc3ccccc3C)C2=O)cc1. The van der Waals surface area contributed by atoms with E-state index in [1.54, 1.807) is 31.4 Å². The number of nitrogens with one attached hydrogen (secondary N) is 1. The van der Waals surface area contributed by atoms with Crippen LogP contribution >= 0.6 is 0 Å². The Hall–Kier alpha value is -2.82. The van der Waals surface area contributed by atoms with Crippen molar-refractivity contribution in [3.05, 3.63) is 54.1 Å². The van der Waals surface area contributed by atoms with Gasteiger partial charge in [-0.05, 0) is 42.8 Å². The van der Waals surface area contributed by atoms with Crippen LogP contribution in [0.5, 0.6) is 5.75 Å². The number of hydrogen-bond donors (Lipinski definition) is 1. The number of ether oxygens (including phenoxy) is 1. The first-order chi connectivity index (χ1) is 11.1. The van der Waals surface area contributed by atoms with Gasteiger partial charge in [0.1, 0.15) is 11.8 Å². The predicted molar refractivity (Wildman–Crippen MR) is 88.7 cm³/mol. The van der Waals surface area contributed by atoms with Crippen molar-refractivity contribution in [3.63, 3.8) is 0 Å². The van der Waals surface area contributed by atoms with Crippen LogP contribution in [-0.4, -0.2) is 25.0 Å². The summed E-state index contributed by atoms with van der Waals surface area (Å²) in [5, 5.41) is 3.17. The smallest absolute Gasteiger partial charge is 0.256 e. The maximum Gasteiger partial charge on any atom is 0.256 e. The molecule has 0 saturated carbocycles. The number of benzene rings is 2. The Balaban J connectivity index is 1.80. The third-order valence-corrected chi connectivity index (χ3v) is 3.95. The summed E-state index contributed by atoms with van der Waals surface area (Å²) in [5.74, 6) is 0.247. The van der Waals surface area contributed by atoms with Gasteiger partial charge in [0.25, 0.3) is 5.91 Å². The summed E-state index contributed by atoms with van der Waals surface area (Å²) in [4.78, 5) is 26.1. The van der Waals surface area contributed by atoms with Crippen LogP contribution in [0.15, 0.2) is 48.5 Å². The van der Waals surface area contributed by atoms with Crippen molar-refractivity contribution in [2.75, 3.05) is 17.3 Å². The molecule has 1 heterocycles. The van der Waals surface area contributed by atoms with Crippen molar-refractivity contribution in [1.29, 1.82) is 0 Å². The minimum absolute atomic E-state index is 0.152. The highest BCUT2D eigenvalue weighted by molar-refractivity contribution is 6.23. The minimum Gasteiger partial charge on any atom is -0.497 e. The highest BCUT2D eigenvalue weighted by atomic mass is 16.5. The van der Waals surface area contributed by atoms with Crippen LogP contribution < -0.4 is 15.0 Å². The molecule has 0 spiro atoms. The van der Waals surface area contributed by atoms with Gasteiger partial charge in [-0.2, -0.15) is 0 Å². The summed E-state index contributed by atoms with van der Waals surface area (Å²) < 4.78 is 5.10. The first kappa shape index (κ1) is 15.1. The van der Waals surface area contributed by atoms with E-state index >= 15 is 0 Å². The Bertz CT molecular complexity index is 740. The van der Waals surface area contributed by atoms with Crippen molar-refractivity contribution in [2.24, 2.45) is 0 Å². The molecule has 3 rings (SSSR count). The average Bonchev–Trinajstić information content (AvgIpc) is 2.84. The summed E-state index contributed by atoms with van der Waals surface area (Å²) in [6.07, 6.45) is 0.152. The molecule has 1 aliphatic rings. The predicted octanol–water partition coefficient (Wildman–Crippen LogP) is 2.75. The molecule has 0 unspecified atom stereocenters. The highest BCUT2D eigenvalue weighted by Gasteiger charge is 2.39. The van der Waals surface area contributed by atoms with Gasteiger partial charge in [0.2, 0.25) is 5.91 Å².